The van der Waals surface area contributed by atoms with Crippen LogP contribution in [0.25, 0.3) is 0 Å². The standard InChI is InChI=1S/C14H30N4O4/c1-3-5-12(15)16-6-7-18(11-14(21)22)9-8-17(4-2)10-13(19)20/h12,16H,3-11,15H2,1-2H3,(H,19,20)(H,21,22). The van der Waals surface area contributed by atoms with E-state index in [0.717, 1.165) is 12.8 Å². The third kappa shape index (κ3) is 11.4. The molecule has 0 rings (SSSR count). The van der Waals surface area contributed by atoms with Crippen molar-refractivity contribution in [3.63, 3.8) is 0 Å². The smallest absolute Gasteiger partial charge is 0.317 e. The summed E-state index contributed by atoms with van der Waals surface area (Å²) in [7, 11) is 0. The van der Waals surface area contributed by atoms with Crippen LogP contribution in [-0.4, -0.2) is 83.9 Å². The number of hydrogen-bond donors (Lipinski definition) is 4. The average Bonchev–Trinajstić information content (AvgIpc) is 2.42. The highest BCUT2D eigenvalue weighted by Crippen LogP contribution is 1.94. The fraction of sp³-hybridized carbons (Fsp3) is 0.857. The minimum absolute atomic E-state index is 0.0307. The molecule has 0 aromatic rings. The normalized spacial score (nSPS) is 12.8. The zero-order valence-electron chi connectivity index (χ0n) is 13.6. The van der Waals surface area contributed by atoms with Crippen LogP contribution in [-0.2, 0) is 9.59 Å². The van der Waals surface area contributed by atoms with E-state index in [2.05, 4.69) is 12.2 Å². The zero-order valence-corrected chi connectivity index (χ0v) is 13.6. The Labute approximate surface area is 132 Å². The van der Waals surface area contributed by atoms with Crippen LogP contribution >= 0.6 is 0 Å². The Bertz CT molecular complexity index is 328. The first-order valence-corrected chi connectivity index (χ1v) is 7.76. The predicted octanol–water partition coefficient (Wildman–Crippen LogP) is -0.546. The molecule has 0 aliphatic carbocycles. The van der Waals surface area contributed by atoms with E-state index >= 15 is 0 Å². The maximum Gasteiger partial charge on any atom is 0.317 e. The molecule has 22 heavy (non-hydrogen) atoms. The summed E-state index contributed by atoms with van der Waals surface area (Å²) in [5, 5.41) is 20.9. The van der Waals surface area contributed by atoms with E-state index in [-0.39, 0.29) is 19.3 Å². The summed E-state index contributed by atoms with van der Waals surface area (Å²) in [6.07, 6.45) is 1.80. The molecule has 0 spiro atoms. The van der Waals surface area contributed by atoms with Crippen molar-refractivity contribution in [3.8, 4) is 0 Å². The monoisotopic (exact) mass is 318 g/mol. The van der Waals surface area contributed by atoms with Gasteiger partial charge >= 0.3 is 11.9 Å². The number of carbonyl (C=O) groups is 2. The molecule has 0 heterocycles. The Morgan fingerprint density at radius 2 is 1.59 bits per heavy atom. The first kappa shape index (κ1) is 20.8. The Kier molecular flexibility index (Phi) is 11.7. The van der Waals surface area contributed by atoms with E-state index in [9.17, 15) is 9.59 Å². The summed E-state index contributed by atoms with van der Waals surface area (Å²) in [5.74, 6) is -1.77. The van der Waals surface area contributed by atoms with Crippen LogP contribution in [0.2, 0.25) is 0 Å². The highest BCUT2D eigenvalue weighted by atomic mass is 16.4. The Morgan fingerprint density at radius 1 is 1.05 bits per heavy atom. The summed E-state index contributed by atoms with van der Waals surface area (Å²) < 4.78 is 0. The van der Waals surface area contributed by atoms with Crippen molar-refractivity contribution in [2.24, 2.45) is 5.73 Å². The van der Waals surface area contributed by atoms with Gasteiger partial charge in [0.2, 0.25) is 0 Å². The van der Waals surface area contributed by atoms with Gasteiger partial charge in [0.05, 0.1) is 19.3 Å². The van der Waals surface area contributed by atoms with Crippen LogP contribution in [0.4, 0.5) is 0 Å². The molecule has 0 saturated carbocycles. The summed E-state index contributed by atoms with van der Waals surface area (Å²) in [4.78, 5) is 25.2. The quantitative estimate of drug-likeness (QED) is 0.315. The second-order valence-electron chi connectivity index (χ2n) is 5.28. The summed E-state index contributed by atoms with van der Waals surface area (Å²) in [5.41, 5.74) is 5.85. The van der Waals surface area contributed by atoms with Gasteiger partial charge in [0.25, 0.3) is 0 Å². The van der Waals surface area contributed by atoms with Crippen LogP contribution in [0.1, 0.15) is 26.7 Å². The van der Waals surface area contributed by atoms with E-state index in [1.165, 1.54) is 0 Å². The lowest BCUT2D eigenvalue weighted by Crippen LogP contribution is -2.45. The van der Waals surface area contributed by atoms with Crippen LogP contribution in [0.3, 0.4) is 0 Å². The highest BCUT2D eigenvalue weighted by molar-refractivity contribution is 5.69. The van der Waals surface area contributed by atoms with E-state index in [4.69, 9.17) is 15.9 Å². The van der Waals surface area contributed by atoms with Gasteiger partial charge in [-0.25, -0.2) is 0 Å². The molecule has 5 N–H and O–H groups in total. The predicted molar refractivity (Wildman–Crippen MR) is 84.7 cm³/mol. The molecule has 1 unspecified atom stereocenters. The first-order valence-electron chi connectivity index (χ1n) is 7.76. The number of nitrogens with two attached hydrogens (primary N) is 1. The van der Waals surface area contributed by atoms with Gasteiger partial charge in [-0.2, -0.15) is 0 Å². The number of likely N-dealkylation sites (N-methyl/N-ethyl adjacent to an activating group) is 1. The molecule has 0 amide bonds. The van der Waals surface area contributed by atoms with Crippen LogP contribution in [0.5, 0.6) is 0 Å². The highest BCUT2D eigenvalue weighted by Gasteiger charge is 2.13. The lowest BCUT2D eigenvalue weighted by Gasteiger charge is -2.25. The summed E-state index contributed by atoms with van der Waals surface area (Å²) in [6, 6.07) is 0. The number of rotatable bonds is 14. The Morgan fingerprint density at radius 3 is 2.09 bits per heavy atom. The van der Waals surface area contributed by atoms with Crippen molar-refractivity contribution >= 4 is 11.9 Å². The lowest BCUT2D eigenvalue weighted by molar-refractivity contribution is -0.140. The largest absolute Gasteiger partial charge is 0.480 e. The van der Waals surface area contributed by atoms with Crippen LogP contribution in [0.15, 0.2) is 0 Å². The van der Waals surface area contributed by atoms with Crippen molar-refractivity contribution in [2.75, 3.05) is 45.8 Å². The number of nitrogens with one attached hydrogen (secondary N) is 1. The fourth-order valence-corrected chi connectivity index (χ4v) is 2.11. The van der Waals surface area contributed by atoms with Gasteiger partial charge in [0, 0.05) is 26.2 Å². The van der Waals surface area contributed by atoms with Gasteiger partial charge < -0.3 is 21.3 Å². The third-order valence-electron chi connectivity index (χ3n) is 3.33. The minimum Gasteiger partial charge on any atom is -0.480 e. The van der Waals surface area contributed by atoms with Crippen molar-refractivity contribution in [3.05, 3.63) is 0 Å². The minimum atomic E-state index is -0.890. The second-order valence-corrected chi connectivity index (χ2v) is 5.28. The zero-order chi connectivity index (χ0) is 17.0. The molecule has 0 saturated heterocycles. The van der Waals surface area contributed by atoms with Crippen molar-refractivity contribution in [1.29, 1.82) is 0 Å². The number of carboxylic acids is 2. The van der Waals surface area contributed by atoms with E-state index in [0.29, 0.717) is 32.7 Å². The molecule has 0 fully saturated rings. The van der Waals surface area contributed by atoms with Crippen molar-refractivity contribution < 1.29 is 19.8 Å². The molecule has 8 heteroatoms. The third-order valence-corrected chi connectivity index (χ3v) is 3.33. The van der Waals surface area contributed by atoms with E-state index in [1.54, 1.807) is 9.80 Å². The Hall–Kier alpha value is -1.22. The molecule has 0 aromatic carbocycles. The SMILES string of the molecule is CCCC(N)NCCN(CCN(CC)CC(=O)O)CC(=O)O. The lowest BCUT2D eigenvalue weighted by atomic mass is 10.3. The fourth-order valence-electron chi connectivity index (χ4n) is 2.11. The number of aliphatic carboxylic acids is 2. The van der Waals surface area contributed by atoms with Crippen molar-refractivity contribution in [2.45, 2.75) is 32.9 Å². The molecular weight excluding hydrogens is 288 g/mol. The maximum atomic E-state index is 10.9. The molecule has 1 atom stereocenters. The molecular formula is C14H30N4O4. The van der Waals surface area contributed by atoms with Gasteiger partial charge in [-0.05, 0) is 13.0 Å². The second kappa shape index (κ2) is 12.3. The number of hydrogen-bond acceptors (Lipinski definition) is 6. The molecule has 0 aromatic heterocycles. The maximum absolute atomic E-state index is 10.9. The Balaban J connectivity index is 4.21. The van der Waals surface area contributed by atoms with E-state index < -0.39 is 11.9 Å². The van der Waals surface area contributed by atoms with Gasteiger partial charge in [0.15, 0.2) is 0 Å². The molecule has 8 nitrogen and oxygen atoms in total. The molecule has 0 aliphatic rings. The topological polar surface area (TPSA) is 119 Å². The first-order chi connectivity index (χ1) is 10.4. The van der Waals surface area contributed by atoms with Gasteiger partial charge in [0.1, 0.15) is 0 Å². The van der Waals surface area contributed by atoms with Gasteiger partial charge in [-0.3, -0.25) is 19.4 Å². The van der Waals surface area contributed by atoms with Gasteiger partial charge in [-0.1, -0.05) is 20.3 Å². The summed E-state index contributed by atoms with van der Waals surface area (Å²) >= 11 is 0. The molecule has 0 radical (unpaired) electrons. The molecule has 0 aliphatic heterocycles. The van der Waals surface area contributed by atoms with Crippen LogP contribution in [0, 0.1) is 0 Å². The van der Waals surface area contributed by atoms with E-state index in [1.807, 2.05) is 6.92 Å². The van der Waals surface area contributed by atoms with Crippen molar-refractivity contribution in [1.82, 2.24) is 15.1 Å². The number of nitrogens with zero attached hydrogens (tertiary/aromatic N) is 2. The van der Waals surface area contributed by atoms with Crippen LogP contribution < -0.4 is 11.1 Å². The molecule has 130 valence electrons. The molecule has 0 bridgehead atoms. The average molecular weight is 318 g/mol. The summed E-state index contributed by atoms with van der Waals surface area (Å²) in [6.45, 7) is 6.68. The number of carboxylic acid groups (broad SMARTS) is 2. The van der Waals surface area contributed by atoms with Gasteiger partial charge in [-0.15, -0.1) is 0 Å².